The van der Waals surface area contributed by atoms with E-state index in [1.54, 1.807) is 0 Å². The van der Waals surface area contributed by atoms with Crippen LogP contribution in [0.25, 0.3) is 0 Å². The highest BCUT2D eigenvalue weighted by Gasteiger charge is 2.42. The molecule has 0 heterocycles. The smallest absolute Gasteiger partial charge is 0.0613 e. The number of aliphatic hydroxyl groups is 1. The predicted octanol–water partition coefficient (Wildman–Crippen LogP) is 3.24. The highest BCUT2D eigenvalue weighted by molar-refractivity contribution is 4.99. The SMILES string of the molecule is OCC1(NC2CCCCC2)CCCC(C2CC2)C1. The summed E-state index contributed by atoms with van der Waals surface area (Å²) in [5.41, 5.74) is 0.0769. The molecule has 3 saturated carbocycles. The maximum atomic E-state index is 9.93. The zero-order valence-corrected chi connectivity index (χ0v) is 11.7. The van der Waals surface area contributed by atoms with Gasteiger partial charge in [0.2, 0.25) is 0 Å². The average molecular weight is 251 g/mol. The molecule has 0 aromatic carbocycles. The molecule has 2 nitrogen and oxygen atoms in total. The van der Waals surface area contributed by atoms with Gasteiger partial charge in [-0.3, -0.25) is 0 Å². The van der Waals surface area contributed by atoms with Gasteiger partial charge in [-0.15, -0.1) is 0 Å². The van der Waals surface area contributed by atoms with E-state index in [2.05, 4.69) is 5.32 Å². The van der Waals surface area contributed by atoms with Gasteiger partial charge in [0.1, 0.15) is 0 Å². The van der Waals surface area contributed by atoms with E-state index in [0.29, 0.717) is 12.6 Å². The van der Waals surface area contributed by atoms with Gasteiger partial charge in [0.25, 0.3) is 0 Å². The number of rotatable bonds is 4. The van der Waals surface area contributed by atoms with E-state index in [9.17, 15) is 5.11 Å². The summed E-state index contributed by atoms with van der Waals surface area (Å²) in [5, 5.41) is 13.8. The first kappa shape index (κ1) is 12.9. The molecule has 0 spiro atoms. The van der Waals surface area contributed by atoms with Gasteiger partial charge in [-0.2, -0.15) is 0 Å². The normalized spacial score (nSPS) is 38.8. The minimum absolute atomic E-state index is 0.0769. The molecule has 3 aliphatic carbocycles. The van der Waals surface area contributed by atoms with Crippen molar-refractivity contribution in [2.45, 2.75) is 82.2 Å². The van der Waals surface area contributed by atoms with E-state index in [1.807, 2.05) is 0 Å². The van der Waals surface area contributed by atoms with E-state index in [-0.39, 0.29) is 5.54 Å². The molecule has 2 heteroatoms. The summed E-state index contributed by atoms with van der Waals surface area (Å²) in [6.45, 7) is 0.354. The molecule has 0 radical (unpaired) electrons. The summed E-state index contributed by atoms with van der Waals surface area (Å²) < 4.78 is 0. The van der Waals surface area contributed by atoms with Crippen LogP contribution in [0.4, 0.5) is 0 Å². The Morgan fingerprint density at radius 2 is 1.67 bits per heavy atom. The number of nitrogens with one attached hydrogen (secondary N) is 1. The zero-order valence-electron chi connectivity index (χ0n) is 11.7. The van der Waals surface area contributed by atoms with Crippen molar-refractivity contribution < 1.29 is 5.11 Å². The fourth-order valence-electron chi connectivity index (χ4n) is 4.38. The fourth-order valence-corrected chi connectivity index (χ4v) is 4.38. The monoisotopic (exact) mass is 251 g/mol. The molecule has 18 heavy (non-hydrogen) atoms. The molecule has 0 aromatic heterocycles. The Kier molecular flexibility index (Phi) is 3.95. The van der Waals surface area contributed by atoms with Crippen LogP contribution in [-0.2, 0) is 0 Å². The molecular formula is C16H29NO. The van der Waals surface area contributed by atoms with Gasteiger partial charge < -0.3 is 10.4 Å². The molecular weight excluding hydrogens is 222 g/mol. The Morgan fingerprint density at radius 1 is 0.889 bits per heavy atom. The first-order valence-electron chi connectivity index (χ1n) is 8.20. The molecule has 3 rings (SSSR count). The number of aliphatic hydroxyl groups excluding tert-OH is 1. The first-order chi connectivity index (χ1) is 8.81. The van der Waals surface area contributed by atoms with Crippen molar-refractivity contribution in [2.24, 2.45) is 11.8 Å². The third-order valence-electron chi connectivity index (χ3n) is 5.59. The lowest BCUT2D eigenvalue weighted by molar-refractivity contribution is 0.0728. The topological polar surface area (TPSA) is 32.3 Å². The van der Waals surface area contributed by atoms with Crippen LogP contribution in [0.2, 0.25) is 0 Å². The summed E-state index contributed by atoms with van der Waals surface area (Å²) in [4.78, 5) is 0. The van der Waals surface area contributed by atoms with Crippen molar-refractivity contribution in [2.75, 3.05) is 6.61 Å². The molecule has 0 saturated heterocycles. The van der Waals surface area contributed by atoms with E-state index >= 15 is 0 Å². The van der Waals surface area contributed by atoms with E-state index in [4.69, 9.17) is 0 Å². The van der Waals surface area contributed by atoms with Crippen LogP contribution < -0.4 is 5.32 Å². The molecule has 2 N–H and O–H groups in total. The van der Waals surface area contributed by atoms with Crippen LogP contribution in [-0.4, -0.2) is 23.3 Å². The van der Waals surface area contributed by atoms with Crippen molar-refractivity contribution in [3.8, 4) is 0 Å². The standard InChI is InChI=1S/C16H29NO/c18-12-16(17-15-6-2-1-3-7-15)10-4-5-14(11-16)13-8-9-13/h13-15,17-18H,1-12H2. The van der Waals surface area contributed by atoms with Crippen LogP contribution >= 0.6 is 0 Å². The molecule has 3 fully saturated rings. The lowest BCUT2D eigenvalue weighted by atomic mass is 9.73. The third kappa shape index (κ3) is 2.91. The number of hydrogen-bond donors (Lipinski definition) is 2. The molecule has 2 unspecified atom stereocenters. The van der Waals surface area contributed by atoms with Gasteiger partial charge in [-0.05, 0) is 50.4 Å². The molecule has 3 aliphatic rings. The quantitative estimate of drug-likeness (QED) is 0.804. The van der Waals surface area contributed by atoms with Gasteiger partial charge >= 0.3 is 0 Å². The first-order valence-corrected chi connectivity index (χ1v) is 8.20. The van der Waals surface area contributed by atoms with Crippen molar-refractivity contribution in [3.05, 3.63) is 0 Å². The van der Waals surface area contributed by atoms with Gasteiger partial charge in [0.05, 0.1) is 6.61 Å². The molecule has 0 amide bonds. The van der Waals surface area contributed by atoms with Crippen LogP contribution in [0, 0.1) is 11.8 Å². The van der Waals surface area contributed by atoms with Gasteiger partial charge in [-0.1, -0.05) is 32.1 Å². The van der Waals surface area contributed by atoms with Crippen LogP contribution in [0.15, 0.2) is 0 Å². The maximum Gasteiger partial charge on any atom is 0.0613 e. The highest BCUT2D eigenvalue weighted by atomic mass is 16.3. The summed E-state index contributed by atoms with van der Waals surface area (Å²) in [7, 11) is 0. The molecule has 2 atom stereocenters. The van der Waals surface area contributed by atoms with Crippen LogP contribution in [0.3, 0.4) is 0 Å². The minimum atomic E-state index is 0.0769. The Morgan fingerprint density at radius 3 is 2.33 bits per heavy atom. The zero-order chi connectivity index (χ0) is 12.4. The van der Waals surface area contributed by atoms with Gasteiger partial charge in [0, 0.05) is 11.6 Å². The second-order valence-electron chi connectivity index (χ2n) is 7.11. The number of hydrogen-bond acceptors (Lipinski definition) is 2. The molecule has 104 valence electrons. The summed E-state index contributed by atoms with van der Waals surface area (Å²) in [5.74, 6) is 1.91. The van der Waals surface area contributed by atoms with E-state index in [0.717, 1.165) is 11.8 Å². The lowest BCUT2D eigenvalue weighted by Gasteiger charge is -2.44. The van der Waals surface area contributed by atoms with Gasteiger partial charge in [-0.25, -0.2) is 0 Å². The average Bonchev–Trinajstić information content (AvgIpc) is 3.24. The minimum Gasteiger partial charge on any atom is -0.394 e. The summed E-state index contributed by atoms with van der Waals surface area (Å²) in [6, 6.07) is 0.684. The molecule has 0 bridgehead atoms. The summed E-state index contributed by atoms with van der Waals surface area (Å²) in [6.07, 6.45) is 14.9. The Hall–Kier alpha value is -0.0800. The van der Waals surface area contributed by atoms with Crippen molar-refractivity contribution >= 4 is 0 Å². The predicted molar refractivity (Wildman–Crippen MR) is 74.5 cm³/mol. The van der Waals surface area contributed by atoms with Crippen molar-refractivity contribution in [1.82, 2.24) is 5.32 Å². The van der Waals surface area contributed by atoms with E-state index in [1.165, 1.54) is 70.6 Å². The Bertz CT molecular complexity index is 270. The van der Waals surface area contributed by atoms with E-state index < -0.39 is 0 Å². The lowest BCUT2D eigenvalue weighted by Crippen LogP contribution is -2.56. The molecule has 0 aliphatic heterocycles. The summed E-state index contributed by atoms with van der Waals surface area (Å²) >= 11 is 0. The molecule has 0 aromatic rings. The fraction of sp³-hybridized carbons (Fsp3) is 1.00. The Labute approximate surface area is 112 Å². The third-order valence-corrected chi connectivity index (χ3v) is 5.59. The largest absolute Gasteiger partial charge is 0.394 e. The van der Waals surface area contributed by atoms with Crippen LogP contribution in [0.1, 0.15) is 70.6 Å². The van der Waals surface area contributed by atoms with Crippen molar-refractivity contribution in [1.29, 1.82) is 0 Å². The maximum absolute atomic E-state index is 9.93. The Balaban J connectivity index is 1.60. The highest BCUT2D eigenvalue weighted by Crippen LogP contribution is 2.46. The van der Waals surface area contributed by atoms with Gasteiger partial charge in [0.15, 0.2) is 0 Å². The second kappa shape index (κ2) is 5.50. The van der Waals surface area contributed by atoms with Crippen LogP contribution in [0.5, 0.6) is 0 Å². The second-order valence-corrected chi connectivity index (χ2v) is 7.11. The van der Waals surface area contributed by atoms with Crippen molar-refractivity contribution in [3.63, 3.8) is 0 Å².